The third kappa shape index (κ3) is 4.81. The zero-order valence-electron chi connectivity index (χ0n) is 10.0. The van der Waals surface area contributed by atoms with Crippen LogP contribution >= 0.6 is 23.5 Å². The van der Waals surface area contributed by atoms with Gasteiger partial charge < -0.3 is 5.11 Å². The Bertz CT molecular complexity index is 287. The largest absolute Gasteiger partial charge is 0.392 e. The van der Waals surface area contributed by atoms with Gasteiger partial charge in [-0.1, -0.05) is 13.8 Å². The smallest absolute Gasteiger partial charge is 0.0682 e. The van der Waals surface area contributed by atoms with Crippen molar-refractivity contribution in [1.82, 2.24) is 0 Å². The molecule has 1 aromatic carbocycles. The fraction of sp³-hybridized carbons (Fsp3) is 0.538. The van der Waals surface area contributed by atoms with E-state index >= 15 is 0 Å². The zero-order valence-corrected chi connectivity index (χ0v) is 11.7. The Labute approximate surface area is 107 Å². The van der Waals surface area contributed by atoms with Gasteiger partial charge in [-0.15, -0.1) is 23.5 Å². The van der Waals surface area contributed by atoms with Crippen molar-refractivity contribution in [3.8, 4) is 0 Å². The number of hydrogen-bond donors (Lipinski definition) is 1. The molecule has 0 atom stereocenters. The van der Waals surface area contributed by atoms with Crippen molar-refractivity contribution < 1.29 is 5.11 Å². The SMILES string of the molecule is CCCSc1cc(CO)cc(SCCC)c1. The molecule has 0 bridgehead atoms. The summed E-state index contributed by atoms with van der Waals surface area (Å²) in [4.78, 5) is 2.57. The Balaban J connectivity index is 2.74. The molecule has 1 N–H and O–H groups in total. The fourth-order valence-corrected chi connectivity index (χ4v) is 3.17. The lowest BCUT2D eigenvalue weighted by atomic mass is 10.2. The number of thioether (sulfide) groups is 2. The Morgan fingerprint density at radius 2 is 1.44 bits per heavy atom. The van der Waals surface area contributed by atoms with Crippen LogP contribution in [0.2, 0.25) is 0 Å². The molecule has 0 fully saturated rings. The summed E-state index contributed by atoms with van der Waals surface area (Å²) in [5.74, 6) is 2.29. The quantitative estimate of drug-likeness (QED) is 0.739. The summed E-state index contributed by atoms with van der Waals surface area (Å²) in [5, 5.41) is 9.22. The van der Waals surface area contributed by atoms with E-state index in [2.05, 4.69) is 32.0 Å². The van der Waals surface area contributed by atoms with Gasteiger partial charge in [-0.05, 0) is 48.1 Å². The molecule has 0 aliphatic carbocycles. The maximum Gasteiger partial charge on any atom is 0.0682 e. The third-order valence-electron chi connectivity index (χ3n) is 2.07. The summed E-state index contributed by atoms with van der Waals surface area (Å²) >= 11 is 3.75. The van der Waals surface area contributed by atoms with Crippen LogP contribution in [-0.4, -0.2) is 16.6 Å². The highest BCUT2D eigenvalue weighted by Gasteiger charge is 2.01. The minimum Gasteiger partial charge on any atom is -0.392 e. The maximum atomic E-state index is 9.22. The standard InChI is InChI=1S/C13H20OS2/c1-3-5-15-12-7-11(10-14)8-13(9-12)16-6-4-2/h7-9,14H,3-6,10H2,1-2H3. The van der Waals surface area contributed by atoms with Gasteiger partial charge >= 0.3 is 0 Å². The van der Waals surface area contributed by atoms with Crippen LogP contribution in [-0.2, 0) is 6.61 Å². The predicted octanol–water partition coefficient (Wildman–Crippen LogP) is 4.18. The first-order valence-corrected chi connectivity index (χ1v) is 7.77. The second-order valence-corrected chi connectivity index (χ2v) is 6.00. The molecular formula is C13H20OS2. The van der Waals surface area contributed by atoms with E-state index in [1.165, 1.54) is 22.6 Å². The molecule has 0 spiro atoms. The first-order valence-electron chi connectivity index (χ1n) is 5.80. The van der Waals surface area contributed by atoms with Gasteiger partial charge in [0.05, 0.1) is 6.61 Å². The molecule has 0 heterocycles. The number of aliphatic hydroxyl groups excluding tert-OH is 1. The van der Waals surface area contributed by atoms with Crippen molar-refractivity contribution in [2.45, 2.75) is 43.1 Å². The maximum absolute atomic E-state index is 9.22. The van der Waals surface area contributed by atoms with Crippen LogP contribution in [0.3, 0.4) is 0 Å². The van der Waals surface area contributed by atoms with E-state index in [1.807, 2.05) is 23.5 Å². The minimum absolute atomic E-state index is 0.139. The highest BCUT2D eigenvalue weighted by atomic mass is 32.2. The molecule has 0 amide bonds. The summed E-state index contributed by atoms with van der Waals surface area (Å²) in [6.07, 6.45) is 2.37. The van der Waals surface area contributed by atoms with Gasteiger partial charge in [0.1, 0.15) is 0 Å². The fourth-order valence-electron chi connectivity index (χ4n) is 1.33. The van der Waals surface area contributed by atoms with Crippen LogP contribution in [0.5, 0.6) is 0 Å². The van der Waals surface area contributed by atoms with Gasteiger partial charge in [0, 0.05) is 9.79 Å². The van der Waals surface area contributed by atoms with E-state index in [-0.39, 0.29) is 6.61 Å². The topological polar surface area (TPSA) is 20.2 Å². The summed E-state index contributed by atoms with van der Waals surface area (Å²) in [7, 11) is 0. The van der Waals surface area contributed by atoms with E-state index < -0.39 is 0 Å². The molecule has 0 radical (unpaired) electrons. The summed E-state index contributed by atoms with van der Waals surface area (Å²) in [6.45, 7) is 4.52. The second-order valence-electron chi connectivity index (χ2n) is 3.67. The molecule has 0 aliphatic heterocycles. The Morgan fingerprint density at radius 3 is 1.81 bits per heavy atom. The van der Waals surface area contributed by atoms with Crippen LogP contribution in [0.25, 0.3) is 0 Å². The normalized spacial score (nSPS) is 10.7. The Morgan fingerprint density at radius 1 is 0.938 bits per heavy atom. The van der Waals surface area contributed by atoms with Crippen molar-refractivity contribution in [1.29, 1.82) is 0 Å². The van der Waals surface area contributed by atoms with Crippen LogP contribution in [0.1, 0.15) is 32.3 Å². The lowest BCUT2D eigenvalue weighted by Gasteiger charge is -2.07. The zero-order chi connectivity index (χ0) is 11.8. The van der Waals surface area contributed by atoms with Gasteiger partial charge in [0.15, 0.2) is 0 Å². The van der Waals surface area contributed by atoms with Crippen LogP contribution in [0.15, 0.2) is 28.0 Å². The van der Waals surface area contributed by atoms with E-state index in [0.29, 0.717) is 0 Å². The molecule has 0 unspecified atom stereocenters. The first kappa shape index (κ1) is 13.9. The van der Waals surface area contributed by atoms with Gasteiger partial charge in [0.25, 0.3) is 0 Å². The van der Waals surface area contributed by atoms with Gasteiger partial charge in [0.2, 0.25) is 0 Å². The lowest BCUT2D eigenvalue weighted by Crippen LogP contribution is -1.87. The van der Waals surface area contributed by atoms with E-state index in [9.17, 15) is 5.11 Å². The molecule has 0 aromatic heterocycles. The van der Waals surface area contributed by atoms with Crippen LogP contribution in [0, 0.1) is 0 Å². The molecule has 90 valence electrons. The van der Waals surface area contributed by atoms with E-state index in [0.717, 1.165) is 17.1 Å². The number of aliphatic hydroxyl groups is 1. The molecule has 1 nitrogen and oxygen atoms in total. The van der Waals surface area contributed by atoms with Crippen LogP contribution in [0.4, 0.5) is 0 Å². The van der Waals surface area contributed by atoms with Crippen molar-refractivity contribution in [3.05, 3.63) is 23.8 Å². The molecule has 0 aliphatic rings. The predicted molar refractivity (Wildman–Crippen MR) is 74.4 cm³/mol. The number of rotatable bonds is 7. The highest BCUT2D eigenvalue weighted by Crippen LogP contribution is 2.28. The molecule has 1 aromatic rings. The van der Waals surface area contributed by atoms with Crippen molar-refractivity contribution in [2.75, 3.05) is 11.5 Å². The Hall–Kier alpha value is -0.120. The van der Waals surface area contributed by atoms with Crippen molar-refractivity contribution in [3.63, 3.8) is 0 Å². The third-order valence-corrected chi connectivity index (χ3v) is 4.43. The number of hydrogen-bond acceptors (Lipinski definition) is 3. The summed E-state index contributed by atoms with van der Waals surface area (Å²) in [5.41, 5.74) is 1.03. The first-order chi connectivity index (χ1) is 7.80. The lowest BCUT2D eigenvalue weighted by molar-refractivity contribution is 0.281. The summed E-state index contributed by atoms with van der Waals surface area (Å²) in [6, 6.07) is 6.42. The average molecular weight is 256 g/mol. The molecule has 3 heteroatoms. The van der Waals surface area contributed by atoms with Crippen molar-refractivity contribution >= 4 is 23.5 Å². The molecule has 0 saturated heterocycles. The average Bonchev–Trinajstić information content (AvgIpc) is 2.33. The molecular weight excluding hydrogens is 236 g/mol. The van der Waals surface area contributed by atoms with Gasteiger partial charge in [-0.3, -0.25) is 0 Å². The van der Waals surface area contributed by atoms with E-state index in [4.69, 9.17) is 0 Å². The summed E-state index contributed by atoms with van der Waals surface area (Å²) < 4.78 is 0. The molecule has 1 rings (SSSR count). The van der Waals surface area contributed by atoms with Crippen LogP contribution < -0.4 is 0 Å². The monoisotopic (exact) mass is 256 g/mol. The van der Waals surface area contributed by atoms with Crippen molar-refractivity contribution in [2.24, 2.45) is 0 Å². The van der Waals surface area contributed by atoms with Gasteiger partial charge in [-0.2, -0.15) is 0 Å². The highest BCUT2D eigenvalue weighted by molar-refractivity contribution is 8.00. The molecule has 0 saturated carbocycles. The second kappa shape index (κ2) is 8.04. The minimum atomic E-state index is 0.139. The molecule has 16 heavy (non-hydrogen) atoms. The Kier molecular flexibility index (Phi) is 7.01. The van der Waals surface area contributed by atoms with E-state index in [1.54, 1.807) is 0 Å². The number of benzene rings is 1. The van der Waals surface area contributed by atoms with Gasteiger partial charge in [-0.25, -0.2) is 0 Å².